The second-order valence-corrected chi connectivity index (χ2v) is 9.35. The van der Waals surface area contributed by atoms with Crippen molar-refractivity contribution in [3.8, 4) is 17.2 Å². The van der Waals surface area contributed by atoms with Gasteiger partial charge < -0.3 is 24.8 Å². The predicted molar refractivity (Wildman–Crippen MR) is 122 cm³/mol. The molecule has 1 aliphatic rings. The molecular weight excluding hydrogens is 468 g/mol. The van der Waals surface area contributed by atoms with Gasteiger partial charge in [-0.15, -0.1) is 0 Å². The van der Waals surface area contributed by atoms with E-state index in [1.165, 1.54) is 14.2 Å². The Labute approximate surface area is 197 Å². The fourth-order valence-electron chi connectivity index (χ4n) is 3.34. The normalized spacial score (nSPS) is 14.5. The fourth-order valence-corrected chi connectivity index (χ4v) is 4.86. The minimum Gasteiger partial charge on any atom is -0.502 e. The molecule has 1 aliphatic heterocycles. The average molecular weight is 497 g/mol. The molecule has 2 aromatic rings. The van der Waals surface area contributed by atoms with Crippen molar-refractivity contribution in [2.75, 3.05) is 40.4 Å². The molecule has 0 spiro atoms. The summed E-state index contributed by atoms with van der Waals surface area (Å²) in [6.45, 7) is 2.82. The maximum atomic E-state index is 12.7. The number of carboxylic acid groups (broad SMARTS) is 2. The Morgan fingerprint density at radius 3 is 1.82 bits per heavy atom. The number of sulfonamides is 1. The number of piperazine rings is 1. The van der Waals surface area contributed by atoms with Crippen LogP contribution in [0.3, 0.4) is 0 Å². The van der Waals surface area contributed by atoms with Gasteiger partial charge >= 0.3 is 11.9 Å². The molecule has 3 rings (SSSR count). The zero-order valence-corrected chi connectivity index (χ0v) is 19.7. The number of rotatable bonds is 7. The molecule has 0 unspecified atom stereocenters. The van der Waals surface area contributed by atoms with E-state index >= 15 is 0 Å². The lowest BCUT2D eigenvalue weighted by molar-refractivity contribution is -0.159. The van der Waals surface area contributed by atoms with Crippen LogP contribution >= 0.6 is 0 Å². The van der Waals surface area contributed by atoms with Crippen molar-refractivity contribution in [2.24, 2.45) is 0 Å². The van der Waals surface area contributed by atoms with Crippen LogP contribution in [0.2, 0.25) is 0 Å². The van der Waals surface area contributed by atoms with Crippen molar-refractivity contribution in [2.45, 2.75) is 12.3 Å². The quantitative estimate of drug-likeness (QED) is 0.477. The molecule has 0 saturated carbocycles. The zero-order valence-electron chi connectivity index (χ0n) is 18.9. The highest BCUT2D eigenvalue weighted by Crippen LogP contribution is 2.37. The van der Waals surface area contributed by atoms with Gasteiger partial charge in [-0.2, -0.15) is 4.31 Å². The first-order valence-electron chi connectivity index (χ1n) is 10.2. The summed E-state index contributed by atoms with van der Waals surface area (Å²) in [5.41, 5.74) is 1.74. The van der Waals surface area contributed by atoms with Crippen LogP contribution < -0.4 is 9.47 Å². The summed E-state index contributed by atoms with van der Waals surface area (Å²) in [4.78, 5) is 20.4. The minimum absolute atomic E-state index is 0.0226. The van der Waals surface area contributed by atoms with E-state index in [1.54, 1.807) is 16.4 Å². The first kappa shape index (κ1) is 26.9. The second-order valence-electron chi connectivity index (χ2n) is 7.38. The molecule has 11 nitrogen and oxygen atoms in total. The number of carbonyl (C=O) groups is 2. The van der Waals surface area contributed by atoms with Crippen LogP contribution in [0.4, 0.5) is 0 Å². The Morgan fingerprint density at radius 1 is 0.882 bits per heavy atom. The SMILES string of the molecule is COc1cc(CN2CCN(S(=O)(=O)Cc3ccccc3)CC2)cc(OC)c1O.O=C(O)C(=O)O. The number of phenolic OH excluding ortho intramolecular Hbond substituents is 1. The highest BCUT2D eigenvalue weighted by atomic mass is 32.2. The topological polar surface area (TPSA) is 154 Å². The van der Waals surface area contributed by atoms with Crippen LogP contribution in [-0.4, -0.2) is 85.3 Å². The first-order valence-corrected chi connectivity index (χ1v) is 11.8. The number of benzene rings is 2. The van der Waals surface area contributed by atoms with Gasteiger partial charge in [-0.05, 0) is 23.3 Å². The van der Waals surface area contributed by atoms with Crippen molar-refractivity contribution in [3.63, 3.8) is 0 Å². The van der Waals surface area contributed by atoms with Gasteiger partial charge in [-0.25, -0.2) is 18.0 Å². The number of aliphatic carboxylic acids is 2. The smallest absolute Gasteiger partial charge is 0.414 e. The van der Waals surface area contributed by atoms with Gasteiger partial charge in [0, 0.05) is 32.7 Å². The number of nitrogens with zero attached hydrogens (tertiary/aromatic N) is 2. The van der Waals surface area contributed by atoms with Crippen LogP contribution in [0, 0.1) is 0 Å². The van der Waals surface area contributed by atoms with E-state index in [0.29, 0.717) is 44.2 Å². The summed E-state index contributed by atoms with van der Waals surface area (Å²) < 4.78 is 37.3. The Morgan fingerprint density at radius 2 is 1.38 bits per heavy atom. The van der Waals surface area contributed by atoms with Crippen LogP contribution in [0.15, 0.2) is 42.5 Å². The van der Waals surface area contributed by atoms with Gasteiger partial charge in [0.15, 0.2) is 11.5 Å². The molecule has 1 heterocycles. The van der Waals surface area contributed by atoms with E-state index < -0.39 is 22.0 Å². The molecule has 0 aromatic heterocycles. The molecule has 2 aromatic carbocycles. The molecule has 1 saturated heterocycles. The summed E-state index contributed by atoms with van der Waals surface area (Å²) in [5, 5.41) is 24.8. The molecule has 0 bridgehead atoms. The lowest BCUT2D eigenvalue weighted by Crippen LogP contribution is -2.48. The Kier molecular flexibility index (Phi) is 9.66. The number of phenols is 1. The van der Waals surface area contributed by atoms with Crippen molar-refractivity contribution in [3.05, 3.63) is 53.6 Å². The van der Waals surface area contributed by atoms with Crippen LogP contribution in [0.25, 0.3) is 0 Å². The Balaban J connectivity index is 0.000000604. The summed E-state index contributed by atoms with van der Waals surface area (Å²) in [7, 11) is -0.337. The largest absolute Gasteiger partial charge is 0.502 e. The molecule has 0 aliphatic carbocycles. The molecule has 186 valence electrons. The monoisotopic (exact) mass is 496 g/mol. The molecule has 3 N–H and O–H groups in total. The fraction of sp³-hybridized carbons (Fsp3) is 0.364. The van der Waals surface area contributed by atoms with Crippen LogP contribution in [0.5, 0.6) is 17.2 Å². The third-order valence-electron chi connectivity index (χ3n) is 5.05. The van der Waals surface area contributed by atoms with Crippen molar-refractivity contribution >= 4 is 22.0 Å². The molecular formula is C22H28N2O9S. The van der Waals surface area contributed by atoms with Crippen molar-refractivity contribution < 1.29 is 42.8 Å². The zero-order chi connectivity index (χ0) is 25.3. The van der Waals surface area contributed by atoms with Gasteiger partial charge in [0.25, 0.3) is 0 Å². The van der Waals surface area contributed by atoms with E-state index in [-0.39, 0.29) is 11.5 Å². The van der Waals surface area contributed by atoms with Crippen LogP contribution in [0.1, 0.15) is 11.1 Å². The summed E-state index contributed by atoms with van der Waals surface area (Å²) in [5.74, 6) is -2.92. The first-order chi connectivity index (χ1) is 16.1. The number of ether oxygens (including phenoxy) is 2. The Bertz CT molecular complexity index is 1050. The van der Waals surface area contributed by atoms with Crippen LogP contribution in [-0.2, 0) is 31.9 Å². The molecule has 0 amide bonds. The van der Waals surface area contributed by atoms with Crippen molar-refractivity contribution in [1.82, 2.24) is 9.21 Å². The number of methoxy groups -OCH3 is 2. The molecule has 1 fully saturated rings. The van der Waals surface area contributed by atoms with E-state index in [4.69, 9.17) is 29.3 Å². The molecule has 34 heavy (non-hydrogen) atoms. The average Bonchev–Trinajstić information content (AvgIpc) is 2.81. The number of hydrogen-bond acceptors (Lipinski definition) is 8. The minimum atomic E-state index is -3.33. The number of carboxylic acids is 2. The van der Waals surface area contributed by atoms with E-state index in [0.717, 1.165) is 11.1 Å². The standard InChI is InChI=1S/C20H26N2O5S.C2H2O4/c1-26-18-12-17(13-19(27-2)20(18)23)14-21-8-10-22(11-9-21)28(24,25)15-16-6-4-3-5-7-16;3-1(4)2(5)6/h3-7,12-13,23H,8-11,14-15H2,1-2H3;(H,3,4)(H,5,6). The van der Waals surface area contributed by atoms with Gasteiger partial charge in [0.2, 0.25) is 15.8 Å². The maximum absolute atomic E-state index is 12.7. The predicted octanol–water partition coefficient (Wildman–Crippen LogP) is 1.21. The van der Waals surface area contributed by atoms with E-state index in [2.05, 4.69) is 4.90 Å². The number of aromatic hydroxyl groups is 1. The summed E-state index contributed by atoms with van der Waals surface area (Å²) in [6, 6.07) is 12.8. The van der Waals surface area contributed by atoms with Crippen molar-refractivity contribution in [1.29, 1.82) is 0 Å². The van der Waals surface area contributed by atoms with E-state index in [1.807, 2.05) is 30.3 Å². The lowest BCUT2D eigenvalue weighted by Gasteiger charge is -2.34. The van der Waals surface area contributed by atoms with E-state index in [9.17, 15) is 13.5 Å². The summed E-state index contributed by atoms with van der Waals surface area (Å²) in [6.07, 6.45) is 0. The Hall–Kier alpha value is -3.35. The van der Waals surface area contributed by atoms with Gasteiger partial charge in [0.1, 0.15) is 0 Å². The van der Waals surface area contributed by atoms with Gasteiger partial charge in [0.05, 0.1) is 20.0 Å². The highest BCUT2D eigenvalue weighted by molar-refractivity contribution is 7.88. The lowest BCUT2D eigenvalue weighted by atomic mass is 10.1. The third kappa shape index (κ3) is 7.61. The third-order valence-corrected chi connectivity index (χ3v) is 6.90. The van der Waals surface area contributed by atoms with Gasteiger partial charge in [-0.3, -0.25) is 4.90 Å². The highest BCUT2D eigenvalue weighted by Gasteiger charge is 2.27. The molecule has 12 heteroatoms. The number of hydrogen-bond donors (Lipinski definition) is 3. The molecule has 0 atom stereocenters. The second kappa shape index (κ2) is 12.2. The van der Waals surface area contributed by atoms with Gasteiger partial charge in [-0.1, -0.05) is 30.3 Å². The summed E-state index contributed by atoms with van der Waals surface area (Å²) >= 11 is 0. The molecule has 0 radical (unpaired) electrons. The maximum Gasteiger partial charge on any atom is 0.414 e.